The van der Waals surface area contributed by atoms with Crippen LogP contribution in [0.1, 0.15) is 27.3 Å². The molecule has 9 nitrogen and oxygen atoms in total. The Morgan fingerprint density at radius 1 is 1.14 bits per heavy atom. The first-order valence-corrected chi connectivity index (χ1v) is 8.99. The molecule has 2 amide bonds. The molecule has 0 atom stereocenters. The van der Waals surface area contributed by atoms with E-state index in [0.29, 0.717) is 17.9 Å². The van der Waals surface area contributed by atoms with Crippen molar-refractivity contribution in [2.45, 2.75) is 26.6 Å². The third kappa shape index (κ3) is 4.95. The number of rotatable bonds is 7. The van der Waals surface area contributed by atoms with E-state index in [1.54, 1.807) is 20.0 Å². The zero-order valence-corrected chi connectivity index (χ0v) is 16.2. The SMILES string of the molecule is Cc1nonc1CN(C)C(=O)c1cccn(CC(=O)NCc2ccccc2)c1=O. The molecule has 0 fully saturated rings. The molecule has 0 aliphatic rings. The fourth-order valence-electron chi connectivity index (χ4n) is 2.73. The Bertz CT molecular complexity index is 1060. The number of carbonyl (C=O) groups is 2. The molecule has 0 spiro atoms. The first-order chi connectivity index (χ1) is 14.0. The minimum atomic E-state index is -0.533. The highest BCUT2D eigenvalue weighted by Gasteiger charge is 2.19. The number of aryl methyl sites for hydroxylation is 1. The van der Waals surface area contributed by atoms with Crippen molar-refractivity contribution in [3.63, 3.8) is 0 Å². The van der Waals surface area contributed by atoms with Gasteiger partial charge in [0, 0.05) is 19.8 Å². The summed E-state index contributed by atoms with van der Waals surface area (Å²) in [7, 11) is 1.56. The van der Waals surface area contributed by atoms with Gasteiger partial charge < -0.3 is 14.8 Å². The lowest BCUT2D eigenvalue weighted by molar-refractivity contribution is -0.121. The van der Waals surface area contributed by atoms with Gasteiger partial charge in [-0.25, -0.2) is 4.63 Å². The highest BCUT2D eigenvalue weighted by molar-refractivity contribution is 5.93. The number of benzene rings is 1. The van der Waals surface area contributed by atoms with Crippen LogP contribution in [0.4, 0.5) is 0 Å². The van der Waals surface area contributed by atoms with Gasteiger partial charge in [0.05, 0.1) is 6.54 Å². The van der Waals surface area contributed by atoms with Crippen molar-refractivity contribution in [3.05, 3.63) is 81.5 Å². The minimum absolute atomic E-state index is 0.0278. The lowest BCUT2D eigenvalue weighted by atomic mass is 10.2. The van der Waals surface area contributed by atoms with Gasteiger partial charge in [0.25, 0.3) is 11.5 Å². The number of nitrogens with one attached hydrogen (secondary N) is 1. The van der Waals surface area contributed by atoms with Crippen LogP contribution in [0.2, 0.25) is 0 Å². The zero-order valence-electron chi connectivity index (χ0n) is 16.2. The zero-order chi connectivity index (χ0) is 20.8. The van der Waals surface area contributed by atoms with E-state index in [4.69, 9.17) is 0 Å². The molecular formula is C20H21N5O4. The molecule has 0 aliphatic carbocycles. The Labute approximate surface area is 166 Å². The molecule has 0 bridgehead atoms. The summed E-state index contributed by atoms with van der Waals surface area (Å²) in [6.45, 7) is 2.05. The van der Waals surface area contributed by atoms with Crippen LogP contribution in [0.15, 0.2) is 58.1 Å². The van der Waals surface area contributed by atoms with Crippen LogP contribution in [0, 0.1) is 6.92 Å². The highest BCUT2D eigenvalue weighted by atomic mass is 16.6. The van der Waals surface area contributed by atoms with E-state index in [1.165, 1.54) is 21.7 Å². The maximum atomic E-state index is 12.7. The van der Waals surface area contributed by atoms with Gasteiger partial charge in [-0.2, -0.15) is 0 Å². The van der Waals surface area contributed by atoms with Gasteiger partial charge in [0.2, 0.25) is 5.91 Å². The number of amides is 2. The molecule has 1 aromatic carbocycles. The minimum Gasteiger partial charge on any atom is -0.350 e. The summed E-state index contributed by atoms with van der Waals surface area (Å²) < 4.78 is 5.84. The molecule has 0 radical (unpaired) electrons. The van der Waals surface area contributed by atoms with E-state index in [2.05, 4.69) is 20.3 Å². The average molecular weight is 395 g/mol. The average Bonchev–Trinajstić information content (AvgIpc) is 3.12. The van der Waals surface area contributed by atoms with E-state index in [0.717, 1.165) is 5.56 Å². The summed E-state index contributed by atoms with van der Waals surface area (Å²) in [6.07, 6.45) is 1.48. The molecule has 3 aromatic rings. The van der Waals surface area contributed by atoms with Crippen LogP contribution in [-0.4, -0.2) is 38.6 Å². The van der Waals surface area contributed by atoms with Gasteiger partial charge in [0.15, 0.2) is 0 Å². The Morgan fingerprint density at radius 2 is 1.90 bits per heavy atom. The molecule has 150 valence electrons. The summed E-state index contributed by atoms with van der Waals surface area (Å²) in [4.78, 5) is 38.9. The lowest BCUT2D eigenvalue weighted by Crippen LogP contribution is -2.37. The van der Waals surface area contributed by atoms with E-state index < -0.39 is 11.5 Å². The number of carbonyl (C=O) groups excluding carboxylic acids is 2. The fraction of sp³-hybridized carbons (Fsp3) is 0.250. The summed E-state index contributed by atoms with van der Waals surface area (Å²) in [5.41, 5.74) is 1.48. The third-order valence-electron chi connectivity index (χ3n) is 4.38. The Balaban J connectivity index is 1.67. The van der Waals surface area contributed by atoms with Crippen LogP contribution >= 0.6 is 0 Å². The molecule has 0 saturated heterocycles. The van der Waals surface area contributed by atoms with Crippen molar-refractivity contribution >= 4 is 11.8 Å². The molecule has 0 aliphatic heterocycles. The van der Waals surface area contributed by atoms with Crippen LogP contribution in [0.25, 0.3) is 0 Å². The summed E-state index contributed by atoms with van der Waals surface area (Å²) in [5.74, 6) is -0.797. The summed E-state index contributed by atoms with van der Waals surface area (Å²) in [6, 6.07) is 12.5. The quantitative estimate of drug-likeness (QED) is 0.642. The highest BCUT2D eigenvalue weighted by Crippen LogP contribution is 2.07. The van der Waals surface area contributed by atoms with Crippen LogP contribution in [-0.2, 0) is 24.4 Å². The van der Waals surface area contributed by atoms with Gasteiger partial charge in [0.1, 0.15) is 23.5 Å². The van der Waals surface area contributed by atoms with E-state index in [1.807, 2.05) is 30.3 Å². The van der Waals surface area contributed by atoms with Crippen LogP contribution in [0.3, 0.4) is 0 Å². The number of pyridine rings is 1. The molecule has 0 unspecified atom stereocenters. The largest absolute Gasteiger partial charge is 0.350 e. The van der Waals surface area contributed by atoms with E-state index in [9.17, 15) is 14.4 Å². The third-order valence-corrected chi connectivity index (χ3v) is 4.38. The van der Waals surface area contributed by atoms with E-state index in [-0.39, 0.29) is 24.6 Å². The van der Waals surface area contributed by atoms with Crippen LogP contribution < -0.4 is 10.9 Å². The first-order valence-electron chi connectivity index (χ1n) is 8.99. The molecule has 2 aromatic heterocycles. The maximum absolute atomic E-state index is 12.7. The first kappa shape index (κ1) is 20.0. The predicted molar refractivity (Wildman–Crippen MR) is 104 cm³/mol. The number of hydrogen-bond donors (Lipinski definition) is 1. The number of aromatic nitrogens is 3. The Morgan fingerprint density at radius 3 is 2.59 bits per heavy atom. The lowest BCUT2D eigenvalue weighted by Gasteiger charge is -2.16. The maximum Gasteiger partial charge on any atom is 0.263 e. The van der Waals surface area contributed by atoms with Crippen molar-refractivity contribution in [2.75, 3.05) is 7.05 Å². The Hall–Kier alpha value is -3.75. The van der Waals surface area contributed by atoms with Crippen molar-refractivity contribution in [3.8, 4) is 0 Å². The molecule has 3 rings (SSSR count). The monoisotopic (exact) mass is 395 g/mol. The molecule has 1 N–H and O–H groups in total. The van der Waals surface area contributed by atoms with Crippen molar-refractivity contribution < 1.29 is 14.2 Å². The van der Waals surface area contributed by atoms with Gasteiger partial charge in [-0.3, -0.25) is 14.4 Å². The molecule has 29 heavy (non-hydrogen) atoms. The van der Waals surface area contributed by atoms with Gasteiger partial charge in [-0.15, -0.1) is 0 Å². The standard InChI is InChI=1S/C20H21N5O4/c1-14-17(23-29-22-14)12-24(2)19(27)16-9-6-10-25(20(16)28)13-18(26)21-11-15-7-4-3-5-8-15/h3-10H,11-13H2,1-2H3,(H,21,26). The van der Waals surface area contributed by atoms with Gasteiger partial charge >= 0.3 is 0 Å². The van der Waals surface area contributed by atoms with E-state index >= 15 is 0 Å². The molecular weight excluding hydrogens is 374 g/mol. The normalized spacial score (nSPS) is 10.6. The smallest absolute Gasteiger partial charge is 0.263 e. The summed E-state index contributed by atoms with van der Waals surface area (Å²) in [5, 5.41) is 10.2. The van der Waals surface area contributed by atoms with Crippen molar-refractivity contribution in [1.29, 1.82) is 0 Å². The number of hydrogen-bond acceptors (Lipinski definition) is 6. The molecule has 2 heterocycles. The van der Waals surface area contributed by atoms with Crippen molar-refractivity contribution in [2.24, 2.45) is 0 Å². The van der Waals surface area contributed by atoms with Crippen LogP contribution in [0.5, 0.6) is 0 Å². The van der Waals surface area contributed by atoms with Gasteiger partial charge in [-0.1, -0.05) is 40.6 Å². The Kier molecular flexibility index (Phi) is 6.18. The molecule has 0 saturated carbocycles. The second-order valence-electron chi connectivity index (χ2n) is 6.57. The summed E-state index contributed by atoms with van der Waals surface area (Å²) >= 11 is 0. The fourth-order valence-corrected chi connectivity index (χ4v) is 2.73. The second kappa shape index (κ2) is 8.96. The molecule has 9 heteroatoms. The predicted octanol–water partition coefficient (Wildman–Crippen LogP) is 1.13. The number of nitrogens with zero attached hydrogens (tertiary/aromatic N) is 4. The van der Waals surface area contributed by atoms with Gasteiger partial charge in [-0.05, 0) is 24.6 Å². The topological polar surface area (TPSA) is 110 Å². The van der Waals surface area contributed by atoms with Crippen molar-refractivity contribution in [1.82, 2.24) is 25.1 Å². The second-order valence-corrected chi connectivity index (χ2v) is 6.57.